The van der Waals surface area contributed by atoms with Crippen LogP contribution < -0.4 is 10.1 Å². The summed E-state index contributed by atoms with van der Waals surface area (Å²) >= 11 is 0. The van der Waals surface area contributed by atoms with Crippen LogP contribution in [0.1, 0.15) is 24.3 Å². The van der Waals surface area contributed by atoms with Gasteiger partial charge in [-0.25, -0.2) is 0 Å². The molecule has 0 spiro atoms. The van der Waals surface area contributed by atoms with E-state index in [9.17, 15) is 0 Å². The van der Waals surface area contributed by atoms with Crippen LogP contribution in [0.3, 0.4) is 0 Å². The molecule has 0 aromatic heterocycles. The first-order valence-corrected chi connectivity index (χ1v) is 8.48. The highest BCUT2D eigenvalue weighted by molar-refractivity contribution is 5.80. The zero-order chi connectivity index (χ0) is 16.1. The van der Waals surface area contributed by atoms with Gasteiger partial charge in [0.25, 0.3) is 0 Å². The van der Waals surface area contributed by atoms with Gasteiger partial charge < -0.3 is 19.7 Å². The summed E-state index contributed by atoms with van der Waals surface area (Å²) in [5.74, 6) is 3.13. The lowest BCUT2D eigenvalue weighted by molar-refractivity contribution is 0.157. The third-order valence-corrected chi connectivity index (χ3v) is 4.79. The lowest BCUT2D eigenvalue weighted by Crippen LogP contribution is -2.42. The van der Waals surface area contributed by atoms with Gasteiger partial charge in [0.1, 0.15) is 5.75 Å². The molecule has 0 saturated carbocycles. The molecular formula is C18H27N3O2. The van der Waals surface area contributed by atoms with Crippen LogP contribution in [0.5, 0.6) is 5.75 Å². The number of ether oxygens (including phenoxy) is 2. The number of guanidine groups is 1. The second-order valence-corrected chi connectivity index (χ2v) is 6.36. The lowest BCUT2D eigenvalue weighted by Gasteiger charge is -2.28. The number of likely N-dealkylation sites (tertiary alicyclic amines) is 1. The minimum Gasteiger partial charge on any atom is -0.493 e. The van der Waals surface area contributed by atoms with E-state index in [4.69, 9.17) is 9.47 Å². The van der Waals surface area contributed by atoms with Crippen LogP contribution in [0.25, 0.3) is 0 Å². The highest BCUT2D eigenvalue weighted by Gasteiger charge is 2.26. The predicted octanol–water partition coefficient (Wildman–Crippen LogP) is 2.10. The van der Waals surface area contributed by atoms with Gasteiger partial charge >= 0.3 is 0 Å². The Kier molecular flexibility index (Phi) is 5.39. The zero-order valence-electron chi connectivity index (χ0n) is 14.1. The smallest absolute Gasteiger partial charge is 0.193 e. The van der Waals surface area contributed by atoms with Crippen molar-refractivity contribution in [2.75, 3.05) is 47.0 Å². The minimum atomic E-state index is 0.481. The van der Waals surface area contributed by atoms with Crippen molar-refractivity contribution in [2.45, 2.75) is 18.8 Å². The Labute approximate surface area is 138 Å². The molecule has 0 aliphatic carbocycles. The third kappa shape index (κ3) is 3.78. The first-order valence-electron chi connectivity index (χ1n) is 8.48. The molecule has 2 aliphatic heterocycles. The van der Waals surface area contributed by atoms with E-state index in [2.05, 4.69) is 33.4 Å². The van der Waals surface area contributed by atoms with E-state index < -0.39 is 0 Å². The van der Waals surface area contributed by atoms with Gasteiger partial charge in [-0.1, -0.05) is 18.2 Å². The van der Waals surface area contributed by atoms with Crippen LogP contribution in [-0.2, 0) is 4.74 Å². The Bertz CT molecular complexity index is 547. The van der Waals surface area contributed by atoms with Gasteiger partial charge in [0.2, 0.25) is 0 Å². The Hall–Kier alpha value is -1.75. The number of hydrogen-bond acceptors (Lipinski definition) is 3. The average Bonchev–Trinajstić information content (AvgIpc) is 3.04. The van der Waals surface area contributed by atoms with Gasteiger partial charge in [-0.3, -0.25) is 4.99 Å². The molecule has 2 atom stereocenters. The number of nitrogens with one attached hydrogen (secondary N) is 1. The van der Waals surface area contributed by atoms with E-state index in [0.717, 1.165) is 51.0 Å². The van der Waals surface area contributed by atoms with Gasteiger partial charge in [-0.05, 0) is 24.5 Å². The zero-order valence-corrected chi connectivity index (χ0v) is 14.1. The molecule has 126 valence electrons. The Balaban J connectivity index is 1.57. The fraction of sp³-hybridized carbons (Fsp3) is 0.611. The Morgan fingerprint density at radius 2 is 2.26 bits per heavy atom. The van der Waals surface area contributed by atoms with E-state index in [1.165, 1.54) is 12.0 Å². The molecule has 5 heteroatoms. The number of fused-ring (bicyclic) bond motifs is 1. The van der Waals surface area contributed by atoms with E-state index in [1.807, 2.05) is 13.1 Å². The monoisotopic (exact) mass is 317 g/mol. The van der Waals surface area contributed by atoms with Crippen molar-refractivity contribution in [2.24, 2.45) is 10.9 Å². The highest BCUT2D eigenvalue weighted by Crippen LogP contribution is 2.32. The maximum Gasteiger partial charge on any atom is 0.193 e. The first kappa shape index (κ1) is 16.1. The summed E-state index contributed by atoms with van der Waals surface area (Å²) in [6, 6.07) is 8.36. The molecule has 1 aromatic rings. The van der Waals surface area contributed by atoms with Crippen molar-refractivity contribution in [1.29, 1.82) is 0 Å². The molecule has 3 rings (SSSR count). The van der Waals surface area contributed by atoms with E-state index >= 15 is 0 Å². The standard InChI is InChI=1S/C18H27N3O2/c1-19-18(21-9-7-14(12-21)13-22-2)20-11-15-8-10-23-17-6-4-3-5-16(15)17/h3-6,14-15H,7-13H2,1-2H3,(H,19,20). The molecule has 0 amide bonds. The maximum atomic E-state index is 5.75. The predicted molar refractivity (Wildman–Crippen MR) is 92.2 cm³/mol. The number of para-hydroxylation sites is 1. The topological polar surface area (TPSA) is 46.1 Å². The number of hydrogen-bond donors (Lipinski definition) is 1. The van der Waals surface area contributed by atoms with Crippen molar-refractivity contribution >= 4 is 5.96 Å². The summed E-state index contributed by atoms with van der Waals surface area (Å²) in [4.78, 5) is 6.81. The SMILES string of the molecule is CN=C(NCC1CCOc2ccccc21)N1CCC(COC)C1. The van der Waals surface area contributed by atoms with Crippen LogP contribution >= 0.6 is 0 Å². The molecule has 1 saturated heterocycles. The second-order valence-electron chi connectivity index (χ2n) is 6.36. The third-order valence-electron chi connectivity index (χ3n) is 4.79. The molecule has 1 aromatic carbocycles. The summed E-state index contributed by atoms with van der Waals surface area (Å²) < 4.78 is 11.0. The minimum absolute atomic E-state index is 0.481. The molecule has 0 bridgehead atoms. The van der Waals surface area contributed by atoms with Crippen molar-refractivity contribution < 1.29 is 9.47 Å². The maximum absolute atomic E-state index is 5.75. The Morgan fingerprint density at radius 3 is 3.09 bits per heavy atom. The van der Waals surface area contributed by atoms with Crippen molar-refractivity contribution in [3.8, 4) is 5.75 Å². The molecule has 23 heavy (non-hydrogen) atoms. The summed E-state index contributed by atoms with van der Waals surface area (Å²) in [7, 11) is 3.64. The molecule has 0 radical (unpaired) electrons. The van der Waals surface area contributed by atoms with Crippen LogP contribution in [-0.4, -0.2) is 57.9 Å². The van der Waals surface area contributed by atoms with E-state index in [1.54, 1.807) is 7.11 Å². The second kappa shape index (κ2) is 7.68. The van der Waals surface area contributed by atoms with Crippen molar-refractivity contribution in [1.82, 2.24) is 10.2 Å². The molecule has 2 aliphatic rings. The van der Waals surface area contributed by atoms with Crippen molar-refractivity contribution in [3.63, 3.8) is 0 Å². The fourth-order valence-corrected chi connectivity index (χ4v) is 3.57. The average molecular weight is 317 g/mol. The Morgan fingerprint density at radius 1 is 1.39 bits per heavy atom. The summed E-state index contributed by atoms with van der Waals surface area (Å²) in [5, 5.41) is 3.56. The summed E-state index contributed by atoms with van der Waals surface area (Å²) in [5.41, 5.74) is 1.31. The van der Waals surface area contributed by atoms with Gasteiger partial charge in [-0.2, -0.15) is 0 Å². The fourth-order valence-electron chi connectivity index (χ4n) is 3.57. The number of rotatable bonds is 4. The van der Waals surface area contributed by atoms with Crippen LogP contribution in [0, 0.1) is 5.92 Å². The highest BCUT2D eigenvalue weighted by atomic mass is 16.5. The molecule has 1 N–H and O–H groups in total. The van der Waals surface area contributed by atoms with Gasteiger partial charge in [0.05, 0.1) is 13.2 Å². The molecule has 2 unspecified atom stereocenters. The van der Waals surface area contributed by atoms with Crippen LogP contribution in [0.2, 0.25) is 0 Å². The number of benzene rings is 1. The van der Waals surface area contributed by atoms with E-state index in [0.29, 0.717) is 11.8 Å². The molecule has 2 heterocycles. The number of methoxy groups -OCH3 is 1. The molecule has 1 fully saturated rings. The lowest BCUT2D eigenvalue weighted by atomic mass is 9.93. The van der Waals surface area contributed by atoms with Gasteiger partial charge in [0.15, 0.2) is 5.96 Å². The number of aliphatic imine (C=N–C) groups is 1. The number of nitrogens with zero attached hydrogens (tertiary/aromatic N) is 2. The van der Waals surface area contributed by atoms with E-state index in [-0.39, 0.29) is 0 Å². The molecular weight excluding hydrogens is 290 g/mol. The van der Waals surface area contributed by atoms with Crippen LogP contribution in [0.4, 0.5) is 0 Å². The summed E-state index contributed by atoms with van der Waals surface area (Å²) in [6.07, 6.45) is 2.22. The van der Waals surface area contributed by atoms with Gasteiger partial charge in [-0.15, -0.1) is 0 Å². The van der Waals surface area contributed by atoms with Crippen LogP contribution in [0.15, 0.2) is 29.3 Å². The largest absolute Gasteiger partial charge is 0.493 e. The summed E-state index contributed by atoms with van der Waals surface area (Å²) in [6.45, 7) is 4.61. The van der Waals surface area contributed by atoms with Crippen molar-refractivity contribution in [3.05, 3.63) is 29.8 Å². The molecule has 5 nitrogen and oxygen atoms in total. The quantitative estimate of drug-likeness (QED) is 0.682. The van der Waals surface area contributed by atoms with Gasteiger partial charge in [0, 0.05) is 45.6 Å². The first-order chi connectivity index (χ1) is 11.3. The normalized spacial score (nSPS) is 24.3.